The molecule has 0 fully saturated rings. The maximum absolute atomic E-state index is 10.8. The second kappa shape index (κ2) is 6.97. The molecule has 1 aromatic carbocycles. The minimum atomic E-state index is -1.29. The van der Waals surface area contributed by atoms with Crippen molar-refractivity contribution < 1.29 is 19.6 Å². The molecule has 0 aliphatic rings. The van der Waals surface area contributed by atoms with Crippen molar-refractivity contribution in [3.63, 3.8) is 0 Å². The lowest BCUT2D eigenvalue weighted by atomic mass is 10.2. The van der Waals surface area contributed by atoms with Gasteiger partial charge in [0.1, 0.15) is 5.56 Å². The first-order valence-corrected chi connectivity index (χ1v) is 6.18. The van der Waals surface area contributed by atoms with Crippen molar-refractivity contribution in [2.75, 3.05) is 19.5 Å². The molecule has 7 heteroatoms. The molecule has 0 saturated carbocycles. The summed E-state index contributed by atoms with van der Waals surface area (Å²) in [6.07, 6.45) is 0.829. The minimum Gasteiger partial charge on any atom is -0.477 e. The molecule has 0 spiro atoms. The number of aromatic carboxylic acids is 1. The molecule has 0 heterocycles. The Bertz CT molecular complexity index is 449. The summed E-state index contributed by atoms with van der Waals surface area (Å²) >= 11 is 1.43. The molecule has 0 amide bonds. The predicted octanol–water partition coefficient (Wildman–Crippen LogP) is 2.42. The van der Waals surface area contributed by atoms with Crippen LogP contribution in [0.4, 0.5) is 5.69 Å². The van der Waals surface area contributed by atoms with Gasteiger partial charge in [0.25, 0.3) is 5.69 Å². The molecule has 0 aromatic heterocycles. The van der Waals surface area contributed by atoms with Crippen LogP contribution in [0.2, 0.25) is 0 Å². The highest BCUT2D eigenvalue weighted by molar-refractivity contribution is 7.99. The third kappa shape index (κ3) is 4.01. The van der Waals surface area contributed by atoms with Gasteiger partial charge < -0.3 is 9.84 Å². The smallest absolute Gasteiger partial charge is 0.342 e. The van der Waals surface area contributed by atoms with E-state index in [9.17, 15) is 14.9 Å². The van der Waals surface area contributed by atoms with Gasteiger partial charge in [0, 0.05) is 30.4 Å². The quantitative estimate of drug-likeness (QED) is 0.354. The molecular weight excluding hydrogens is 258 g/mol. The third-order valence-corrected chi connectivity index (χ3v) is 3.24. The first kappa shape index (κ1) is 14.5. The number of hydrogen-bond acceptors (Lipinski definition) is 5. The largest absolute Gasteiger partial charge is 0.477 e. The zero-order valence-electron chi connectivity index (χ0n) is 9.79. The topological polar surface area (TPSA) is 89.7 Å². The Balaban J connectivity index is 2.80. The molecule has 0 aliphatic carbocycles. The van der Waals surface area contributed by atoms with Crippen LogP contribution in [0.5, 0.6) is 0 Å². The SMILES string of the molecule is COCCCSc1ccc(C(=O)O)c([N+](=O)[O-])c1. The van der Waals surface area contributed by atoms with Gasteiger partial charge in [0.2, 0.25) is 0 Å². The van der Waals surface area contributed by atoms with Crippen LogP contribution in [-0.2, 0) is 4.74 Å². The lowest BCUT2D eigenvalue weighted by molar-refractivity contribution is -0.385. The average molecular weight is 271 g/mol. The van der Waals surface area contributed by atoms with Crippen molar-refractivity contribution in [2.24, 2.45) is 0 Å². The highest BCUT2D eigenvalue weighted by atomic mass is 32.2. The van der Waals surface area contributed by atoms with E-state index >= 15 is 0 Å². The van der Waals surface area contributed by atoms with Gasteiger partial charge in [0.05, 0.1) is 4.92 Å². The molecule has 1 rings (SSSR count). The van der Waals surface area contributed by atoms with Gasteiger partial charge in [-0.15, -0.1) is 11.8 Å². The Morgan fingerprint density at radius 2 is 2.28 bits per heavy atom. The molecule has 0 bridgehead atoms. The molecule has 1 aromatic rings. The number of carboxylic acid groups (broad SMARTS) is 1. The van der Waals surface area contributed by atoms with Gasteiger partial charge in [-0.05, 0) is 18.6 Å². The lowest BCUT2D eigenvalue weighted by Gasteiger charge is -2.03. The summed E-state index contributed by atoms with van der Waals surface area (Å²) in [7, 11) is 1.61. The molecule has 0 saturated heterocycles. The second-order valence-electron chi connectivity index (χ2n) is 3.44. The number of nitro benzene ring substituents is 1. The Hall–Kier alpha value is -1.60. The van der Waals surface area contributed by atoms with Gasteiger partial charge >= 0.3 is 5.97 Å². The number of thioether (sulfide) groups is 1. The van der Waals surface area contributed by atoms with Crippen molar-refractivity contribution in [1.29, 1.82) is 0 Å². The zero-order chi connectivity index (χ0) is 13.5. The average Bonchev–Trinajstić information content (AvgIpc) is 2.34. The maximum atomic E-state index is 10.8. The Labute approximate surface area is 108 Å². The number of benzene rings is 1. The van der Waals surface area contributed by atoms with Crippen LogP contribution in [0, 0.1) is 10.1 Å². The molecular formula is C11H13NO5S. The monoisotopic (exact) mass is 271 g/mol. The molecule has 1 N–H and O–H groups in total. The number of rotatable bonds is 7. The Morgan fingerprint density at radius 1 is 1.56 bits per heavy atom. The highest BCUT2D eigenvalue weighted by Gasteiger charge is 2.19. The number of hydrogen-bond donors (Lipinski definition) is 1. The van der Waals surface area contributed by atoms with E-state index in [1.54, 1.807) is 13.2 Å². The predicted molar refractivity (Wildman–Crippen MR) is 67.3 cm³/mol. The van der Waals surface area contributed by atoms with E-state index in [4.69, 9.17) is 9.84 Å². The maximum Gasteiger partial charge on any atom is 0.342 e. The second-order valence-corrected chi connectivity index (χ2v) is 4.60. The Kier molecular flexibility index (Phi) is 5.60. The summed E-state index contributed by atoms with van der Waals surface area (Å²) < 4.78 is 4.89. The van der Waals surface area contributed by atoms with E-state index in [0.717, 1.165) is 12.2 Å². The fourth-order valence-electron chi connectivity index (χ4n) is 1.33. The molecule has 0 aliphatic heterocycles. The number of nitrogens with zero attached hydrogens (tertiary/aromatic N) is 1. The van der Waals surface area contributed by atoms with E-state index in [1.807, 2.05) is 0 Å². The lowest BCUT2D eigenvalue weighted by Crippen LogP contribution is -2.02. The van der Waals surface area contributed by atoms with Gasteiger partial charge in [-0.2, -0.15) is 0 Å². The number of nitro groups is 1. The number of carbonyl (C=O) groups is 1. The van der Waals surface area contributed by atoms with E-state index in [1.165, 1.54) is 23.9 Å². The number of carboxylic acids is 1. The molecule has 0 unspecified atom stereocenters. The standard InChI is InChI=1S/C11H13NO5S/c1-17-5-2-6-18-8-3-4-9(11(13)14)10(7-8)12(15)16/h3-4,7H,2,5-6H2,1H3,(H,13,14). The minimum absolute atomic E-state index is 0.291. The van der Waals surface area contributed by atoms with Crippen LogP contribution < -0.4 is 0 Å². The van der Waals surface area contributed by atoms with Gasteiger partial charge in [-0.3, -0.25) is 10.1 Å². The van der Waals surface area contributed by atoms with Crippen LogP contribution in [-0.4, -0.2) is 35.5 Å². The zero-order valence-corrected chi connectivity index (χ0v) is 10.6. The van der Waals surface area contributed by atoms with Crippen LogP contribution in [0.15, 0.2) is 23.1 Å². The van der Waals surface area contributed by atoms with Gasteiger partial charge in [-0.25, -0.2) is 4.79 Å². The van der Waals surface area contributed by atoms with E-state index in [2.05, 4.69) is 0 Å². The molecule has 98 valence electrons. The first-order valence-electron chi connectivity index (χ1n) is 5.19. The summed E-state index contributed by atoms with van der Waals surface area (Å²) in [5.74, 6) is -0.533. The molecule has 18 heavy (non-hydrogen) atoms. The number of ether oxygens (including phenoxy) is 1. The molecule has 0 atom stereocenters. The summed E-state index contributed by atoms with van der Waals surface area (Å²) in [6.45, 7) is 0.627. The summed E-state index contributed by atoms with van der Waals surface area (Å²) in [5, 5.41) is 19.6. The molecule has 0 radical (unpaired) electrons. The van der Waals surface area contributed by atoms with E-state index in [-0.39, 0.29) is 11.3 Å². The van der Waals surface area contributed by atoms with Crippen LogP contribution in [0.3, 0.4) is 0 Å². The van der Waals surface area contributed by atoms with Crippen molar-refractivity contribution in [3.8, 4) is 0 Å². The van der Waals surface area contributed by atoms with Crippen molar-refractivity contribution in [1.82, 2.24) is 0 Å². The van der Waals surface area contributed by atoms with Crippen molar-refractivity contribution in [3.05, 3.63) is 33.9 Å². The van der Waals surface area contributed by atoms with Gasteiger partial charge in [-0.1, -0.05) is 0 Å². The van der Waals surface area contributed by atoms with Crippen LogP contribution in [0.1, 0.15) is 16.8 Å². The van der Waals surface area contributed by atoms with Gasteiger partial charge in [0.15, 0.2) is 0 Å². The normalized spacial score (nSPS) is 10.3. The first-order chi connectivity index (χ1) is 8.56. The van der Waals surface area contributed by atoms with Crippen molar-refractivity contribution >= 4 is 23.4 Å². The van der Waals surface area contributed by atoms with E-state index in [0.29, 0.717) is 11.5 Å². The Morgan fingerprint density at radius 3 is 2.83 bits per heavy atom. The summed E-state index contributed by atoms with van der Waals surface area (Å²) in [5.41, 5.74) is -0.666. The third-order valence-electron chi connectivity index (χ3n) is 2.16. The summed E-state index contributed by atoms with van der Waals surface area (Å²) in [4.78, 5) is 21.6. The fourth-order valence-corrected chi connectivity index (χ4v) is 2.18. The fraction of sp³-hybridized carbons (Fsp3) is 0.364. The van der Waals surface area contributed by atoms with Crippen molar-refractivity contribution in [2.45, 2.75) is 11.3 Å². The number of methoxy groups -OCH3 is 1. The van der Waals surface area contributed by atoms with E-state index < -0.39 is 10.9 Å². The summed E-state index contributed by atoms with van der Waals surface area (Å²) in [6, 6.07) is 4.13. The highest BCUT2D eigenvalue weighted by Crippen LogP contribution is 2.27. The molecule has 6 nitrogen and oxygen atoms in total. The van der Waals surface area contributed by atoms with Crippen LogP contribution >= 0.6 is 11.8 Å². The van der Waals surface area contributed by atoms with Crippen LogP contribution in [0.25, 0.3) is 0 Å².